The second-order valence-electron chi connectivity index (χ2n) is 6.76. The van der Waals surface area contributed by atoms with Crippen LogP contribution in [0, 0.1) is 0 Å². The van der Waals surface area contributed by atoms with Crippen LogP contribution in [0.15, 0.2) is 35.1 Å². The van der Waals surface area contributed by atoms with Crippen LogP contribution in [-0.4, -0.2) is 48.7 Å². The molecule has 2 amide bonds. The largest absolute Gasteiger partial charge is 0.497 e. The van der Waals surface area contributed by atoms with Crippen molar-refractivity contribution in [1.29, 1.82) is 0 Å². The summed E-state index contributed by atoms with van der Waals surface area (Å²) >= 11 is 0. The van der Waals surface area contributed by atoms with Gasteiger partial charge in [0.1, 0.15) is 24.3 Å². The molecule has 0 unspecified atom stereocenters. The van der Waals surface area contributed by atoms with Crippen LogP contribution in [0.5, 0.6) is 11.5 Å². The van der Waals surface area contributed by atoms with Crippen LogP contribution in [0.4, 0.5) is 5.82 Å². The molecule has 1 aliphatic carbocycles. The first kappa shape index (κ1) is 19.7. The summed E-state index contributed by atoms with van der Waals surface area (Å²) in [5.74, 6) is 0.836. The zero-order valence-electron chi connectivity index (χ0n) is 16.1. The van der Waals surface area contributed by atoms with Crippen molar-refractivity contribution in [2.75, 3.05) is 26.1 Å². The van der Waals surface area contributed by atoms with Crippen LogP contribution in [0.25, 0.3) is 0 Å². The third-order valence-electron chi connectivity index (χ3n) is 4.89. The Bertz CT molecular complexity index is 778. The second-order valence-corrected chi connectivity index (χ2v) is 6.76. The van der Waals surface area contributed by atoms with E-state index >= 15 is 0 Å². The van der Waals surface area contributed by atoms with Gasteiger partial charge >= 0.3 is 0 Å². The van der Waals surface area contributed by atoms with Gasteiger partial charge in [-0.1, -0.05) is 24.4 Å². The van der Waals surface area contributed by atoms with E-state index in [1.165, 1.54) is 20.5 Å². The molecule has 1 heterocycles. The standard InChI is InChI=1S/C20H25N3O5/c1-26-16-10-14(11-17(12-16)27-2)20(25)23(15-6-4-3-5-7-15)13-19(24)21-18-8-9-28-22-18/h8-12,15H,3-7,13H2,1-2H3,(H,21,22,24). The average molecular weight is 387 g/mol. The molecule has 150 valence electrons. The minimum Gasteiger partial charge on any atom is -0.497 e. The van der Waals surface area contributed by atoms with Crippen LogP contribution in [0.2, 0.25) is 0 Å². The topological polar surface area (TPSA) is 93.9 Å². The molecular weight excluding hydrogens is 362 g/mol. The minimum absolute atomic E-state index is 0.0153. The summed E-state index contributed by atoms with van der Waals surface area (Å²) in [6, 6.07) is 6.60. The van der Waals surface area contributed by atoms with Crippen molar-refractivity contribution in [3.05, 3.63) is 36.1 Å². The molecule has 1 N–H and O–H groups in total. The van der Waals surface area contributed by atoms with Gasteiger partial charge in [-0.3, -0.25) is 9.59 Å². The maximum absolute atomic E-state index is 13.3. The Morgan fingerprint density at radius 1 is 1.14 bits per heavy atom. The Balaban J connectivity index is 1.83. The fourth-order valence-corrected chi connectivity index (χ4v) is 3.47. The van der Waals surface area contributed by atoms with Crippen molar-refractivity contribution >= 4 is 17.6 Å². The van der Waals surface area contributed by atoms with Crippen LogP contribution in [0.3, 0.4) is 0 Å². The predicted octanol–water partition coefficient (Wildman–Crippen LogP) is 3.11. The summed E-state index contributed by atoms with van der Waals surface area (Å²) in [6.45, 7) is -0.0596. The van der Waals surface area contributed by atoms with E-state index in [1.807, 2.05) is 0 Å². The number of benzene rings is 1. The molecule has 8 nitrogen and oxygen atoms in total. The molecule has 1 aromatic heterocycles. The van der Waals surface area contributed by atoms with Gasteiger partial charge in [0, 0.05) is 23.7 Å². The van der Waals surface area contributed by atoms with E-state index in [0.29, 0.717) is 22.9 Å². The number of carbonyl (C=O) groups excluding carboxylic acids is 2. The third-order valence-corrected chi connectivity index (χ3v) is 4.89. The first-order valence-electron chi connectivity index (χ1n) is 9.35. The zero-order valence-corrected chi connectivity index (χ0v) is 16.1. The Morgan fingerprint density at radius 3 is 2.39 bits per heavy atom. The summed E-state index contributed by atoms with van der Waals surface area (Å²) in [5.41, 5.74) is 0.427. The van der Waals surface area contributed by atoms with Crippen molar-refractivity contribution in [1.82, 2.24) is 10.1 Å². The van der Waals surface area contributed by atoms with Gasteiger partial charge in [-0.25, -0.2) is 0 Å². The van der Waals surface area contributed by atoms with Crippen molar-refractivity contribution < 1.29 is 23.6 Å². The predicted molar refractivity (Wildman–Crippen MR) is 103 cm³/mol. The van der Waals surface area contributed by atoms with Crippen LogP contribution >= 0.6 is 0 Å². The summed E-state index contributed by atoms with van der Waals surface area (Å²) in [5, 5.41) is 6.34. The summed E-state index contributed by atoms with van der Waals surface area (Å²) < 4.78 is 15.3. The number of carbonyl (C=O) groups is 2. The van der Waals surface area contributed by atoms with E-state index in [2.05, 4.69) is 10.5 Å². The molecule has 1 saturated carbocycles. The molecule has 0 radical (unpaired) electrons. The van der Waals surface area contributed by atoms with Gasteiger partial charge in [0.05, 0.1) is 14.2 Å². The molecular formula is C20H25N3O5. The fraction of sp³-hybridized carbons (Fsp3) is 0.450. The first-order chi connectivity index (χ1) is 13.6. The van der Waals surface area contributed by atoms with Gasteiger partial charge in [-0.05, 0) is 25.0 Å². The number of nitrogens with one attached hydrogen (secondary N) is 1. The van der Waals surface area contributed by atoms with E-state index in [9.17, 15) is 9.59 Å². The number of anilines is 1. The highest BCUT2D eigenvalue weighted by Crippen LogP contribution is 2.27. The molecule has 0 aliphatic heterocycles. The van der Waals surface area contributed by atoms with E-state index in [-0.39, 0.29) is 24.4 Å². The van der Waals surface area contributed by atoms with Crippen LogP contribution < -0.4 is 14.8 Å². The Kier molecular flexibility index (Phi) is 6.52. The molecule has 3 rings (SSSR count). The molecule has 2 aromatic rings. The lowest BCUT2D eigenvalue weighted by Gasteiger charge is -2.34. The van der Waals surface area contributed by atoms with Crippen LogP contribution in [0.1, 0.15) is 42.5 Å². The smallest absolute Gasteiger partial charge is 0.254 e. The van der Waals surface area contributed by atoms with E-state index < -0.39 is 0 Å². The number of aromatic nitrogens is 1. The van der Waals surface area contributed by atoms with E-state index in [4.69, 9.17) is 14.0 Å². The van der Waals surface area contributed by atoms with Crippen molar-refractivity contribution in [2.45, 2.75) is 38.1 Å². The van der Waals surface area contributed by atoms with Crippen molar-refractivity contribution in [3.8, 4) is 11.5 Å². The van der Waals surface area contributed by atoms with Gasteiger partial charge < -0.3 is 24.2 Å². The molecule has 0 atom stereocenters. The van der Waals surface area contributed by atoms with Crippen LogP contribution in [-0.2, 0) is 4.79 Å². The van der Waals surface area contributed by atoms with Gasteiger partial charge in [-0.15, -0.1) is 0 Å². The Hall–Kier alpha value is -3.03. The molecule has 0 bridgehead atoms. The molecule has 8 heteroatoms. The quantitative estimate of drug-likeness (QED) is 0.785. The highest BCUT2D eigenvalue weighted by atomic mass is 16.5. The van der Waals surface area contributed by atoms with Gasteiger partial charge in [-0.2, -0.15) is 0 Å². The monoisotopic (exact) mass is 387 g/mol. The van der Waals surface area contributed by atoms with Crippen molar-refractivity contribution in [2.24, 2.45) is 0 Å². The number of hydrogen-bond acceptors (Lipinski definition) is 6. The maximum atomic E-state index is 13.3. The zero-order chi connectivity index (χ0) is 19.9. The minimum atomic E-state index is -0.317. The summed E-state index contributed by atoms with van der Waals surface area (Å²) in [7, 11) is 3.07. The molecule has 1 fully saturated rings. The van der Waals surface area contributed by atoms with E-state index in [1.54, 1.807) is 29.2 Å². The van der Waals surface area contributed by atoms with Crippen molar-refractivity contribution in [3.63, 3.8) is 0 Å². The van der Waals surface area contributed by atoms with E-state index in [0.717, 1.165) is 32.1 Å². The highest BCUT2D eigenvalue weighted by molar-refractivity contribution is 5.99. The Morgan fingerprint density at radius 2 is 1.82 bits per heavy atom. The summed E-state index contributed by atoms with van der Waals surface area (Å²) in [4.78, 5) is 27.5. The SMILES string of the molecule is COc1cc(OC)cc(C(=O)N(CC(=O)Nc2ccon2)C2CCCCC2)c1. The number of rotatable bonds is 7. The second kappa shape index (κ2) is 9.25. The molecule has 1 aliphatic rings. The Labute approximate surface area is 163 Å². The first-order valence-corrected chi connectivity index (χ1v) is 9.35. The number of hydrogen-bond donors (Lipinski definition) is 1. The van der Waals surface area contributed by atoms with Gasteiger partial charge in [0.2, 0.25) is 5.91 Å². The van der Waals surface area contributed by atoms with Gasteiger partial charge in [0.15, 0.2) is 5.82 Å². The lowest BCUT2D eigenvalue weighted by molar-refractivity contribution is -0.117. The molecule has 28 heavy (non-hydrogen) atoms. The molecule has 1 aromatic carbocycles. The number of nitrogens with zero attached hydrogens (tertiary/aromatic N) is 2. The third kappa shape index (κ3) is 4.82. The fourth-order valence-electron chi connectivity index (χ4n) is 3.47. The number of methoxy groups -OCH3 is 2. The molecule has 0 saturated heterocycles. The lowest BCUT2D eigenvalue weighted by atomic mass is 9.93. The highest BCUT2D eigenvalue weighted by Gasteiger charge is 2.29. The normalized spacial score (nSPS) is 14.4. The number of amides is 2. The lowest BCUT2D eigenvalue weighted by Crippen LogP contribution is -2.45. The van der Waals surface area contributed by atoms with Gasteiger partial charge in [0.25, 0.3) is 5.91 Å². The number of ether oxygens (including phenoxy) is 2. The maximum Gasteiger partial charge on any atom is 0.254 e. The average Bonchev–Trinajstić information content (AvgIpc) is 3.24. The summed E-state index contributed by atoms with van der Waals surface area (Å²) in [6.07, 6.45) is 6.37. The molecule has 0 spiro atoms.